The Balaban J connectivity index is 1.47. The van der Waals surface area contributed by atoms with Gasteiger partial charge in [0.05, 0.1) is 10.2 Å². The van der Waals surface area contributed by atoms with Crippen molar-refractivity contribution in [1.82, 2.24) is 10.3 Å². The van der Waals surface area contributed by atoms with Crippen LogP contribution in [0, 0.1) is 13.8 Å². The van der Waals surface area contributed by atoms with Crippen LogP contribution in [0.15, 0.2) is 66.7 Å². The zero-order valence-electron chi connectivity index (χ0n) is 16.0. The molecular formula is C23H19N3OS2. The number of hydrogen-bond acceptors (Lipinski definition) is 4. The van der Waals surface area contributed by atoms with Crippen LogP contribution in [0.5, 0.6) is 0 Å². The summed E-state index contributed by atoms with van der Waals surface area (Å²) < 4.78 is 1.17. The monoisotopic (exact) mass is 417 g/mol. The molecule has 2 N–H and O–H groups in total. The number of nitrogens with zero attached hydrogens (tertiary/aromatic N) is 1. The maximum Gasteiger partial charge on any atom is 0.257 e. The molecule has 0 aliphatic heterocycles. The lowest BCUT2D eigenvalue weighted by Gasteiger charge is -2.12. The molecule has 0 unspecified atom stereocenters. The van der Waals surface area contributed by atoms with Gasteiger partial charge in [-0.1, -0.05) is 29.8 Å². The second-order valence-electron chi connectivity index (χ2n) is 6.79. The molecule has 0 bridgehead atoms. The van der Waals surface area contributed by atoms with Crippen LogP contribution >= 0.6 is 23.6 Å². The van der Waals surface area contributed by atoms with Crippen LogP contribution in [0.25, 0.3) is 20.8 Å². The third kappa shape index (κ3) is 4.34. The summed E-state index contributed by atoms with van der Waals surface area (Å²) in [5.74, 6) is -0.230. The number of thiocarbonyl (C=S) groups is 1. The molecule has 1 heterocycles. The van der Waals surface area contributed by atoms with Gasteiger partial charge in [-0.3, -0.25) is 10.1 Å². The van der Waals surface area contributed by atoms with Gasteiger partial charge in [0, 0.05) is 16.8 Å². The first-order valence-electron chi connectivity index (χ1n) is 9.15. The summed E-state index contributed by atoms with van der Waals surface area (Å²) in [7, 11) is 0. The van der Waals surface area contributed by atoms with Crippen LogP contribution in [0.1, 0.15) is 21.5 Å². The van der Waals surface area contributed by atoms with Crippen molar-refractivity contribution in [3.05, 3.63) is 83.4 Å². The van der Waals surface area contributed by atoms with Crippen LogP contribution in [0.3, 0.4) is 0 Å². The highest BCUT2D eigenvalue weighted by molar-refractivity contribution is 7.80. The fourth-order valence-corrected chi connectivity index (χ4v) is 4.13. The minimum atomic E-state index is -0.230. The predicted octanol–water partition coefficient (Wildman–Crippen LogP) is 5.71. The molecule has 29 heavy (non-hydrogen) atoms. The van der Waals surface area contributed by atoms with Crippen molar-refractivity contribution in [3.63, 3.8) is 0 Å². The Morgan fingerprint density at radius 3 is 2.48 bits per heavy atom. The van der Waals surface area contributed by atoms with E-state index in [9.17, 15) is 4.79 Å². The molecule has 1 amide bonds. The molecule has 0 atom stereocenters. The van der Waals surface area contributed by atoms with Crippen molar-refractivity contribution in [2.75, 3.05) is 5.32 Å². The Hall–Kier alpha value is -3.09. The fourth-order valence-electron chi connectivity index (χ4n) is 2.97. The van der Waals surface area contributed by atoms with Crippen molar-refractivity contribution < 1.29 is 4.79 Å². The van der Waals surface area contributed by atoms with E-state index in [1.165, 1.54) is 4.70 Å². The van der Waals surface area contributed by atoms with Gasteiger partial charge in [-0.15, -0.1) is 11.3 Å². The number of nitrogens with one attached hydrogen (secondary N) is 2. The summed E-state index contributed by atoms with van der Waals surface area (Å²) in [6.07, 6.45) is 0. The average molecular weight is 418 g/mol. The second-order valence-corrected chi connectivity index (χ2v) is 8.23. The number of hydrogen-bond donors (Lipinski definition) is 2. The number of anilines is 1. The molecule has 0 fully saturated rings. The molecule has 0 aliphatic rings. The topological polar surface area (TPSA) is 54.0 Å². The highest BCUT2D eigenvalue weighted by Gasteiger charge is 2.11. The van der Waals surface area contributed by atoms with Crippen molar-refractivity contribution >= 4 is 50.5 Å². The standard InChI is InChI=1S/C23H19N3OS2/c1-14-7-9-16(10-8-14)21(27)26-23(28)25-18-12-11-17(13-15(18)2)22-24-19-5-3-4-6-20(19)29-22/h3-13H,1-2H3,(H2,25,26,27,28). The lowest BCUT2D eigenvalue weighted by molar-refractivity contribution is 0.0977. The molecule has 4 aromatic rings. The molecule has 0 spiro atoms. The minimum Gasteiger partial charge on any atom is -0.332 e. The molecule has 3 aromatic carbocycles. The Labute approximate surface area is 178 Å². The highest BCUT2D eigenvalue weighted by atomic mass is 32.1. The van der Waals surface area contributed by atoms with Gasteiger partial charge in [0.25, 0.3) is 5.91 Å². The lowest BCUT2D eigenvalue weighted by Crippen LogP contribution is -2.34. The second kappa shape index (κ2) is 8.11. The third-order valence-corrected chi connectivity index (χ3v) is 5.85. The summed E-state index contributed by atoms with van der Waals surface area (Å²) in [6, 6.07) is 21.5. The number of aryl methyl sites for hydroxylation is 2. The van der Waals surface area contributed by atoms with E-state index in [0.717, 1.165) is 32.9 Å². The van der Waals surface area contributed by atoms with Crippen molar-refractivity contribution in [2.45, 2.75) is 13.8 Å². The van der Waals surface area contributed by atoms with E-state index < -0.39 is 0 Å². The first-order valence-corrected chi connectivity index (χ1v) is 10.4. The normalized spacial score (nSPS) is 10.7. The number of aromatic nitrogens is 1. The molecule has 0 radical (unpaired) electrons. The Kier molecular flexibility index (Phi) is 5.38. The molecule has 1 aromatic heterocycles. The summed E-state index contributed by atoms with van der Waals surface area (Å²) in [4.78, 5) is 17.0. The Bertz CT molecular complexity index is 1180. The molecule has 4 nitrogen and oxygen atoms in total. The van der Waals surface area contributed by atoms with Crippen LogP contribution in [-0.4, -0.2) is 16.0 Å². The van der Waals surface area contributed by atoms with Crippen LogP contribution in [0.2, 0.25) is 0 Å². The van der Waals surface area contributed by atoms with Gasteiger partial charge in [0.2, 0.25) is 0 Å². The Morgan fingerprint density at radius 1 is 1.00 bits per heavy atom. The number of amides is 1. The quantitative estimate of drug-likeness (QED) is 0.420. The van der Waals surface area contributed by atoms with E-state index in [1.807, 2.05) is 56.3 Å². The van der Waals surface area contributed by atoms with Gasteiger partial charge >= 0.3 is 0 Å². The number of thiazole rings is 1. The first kappa shape index (κ1) is 19.2. The zero-order valence-corrected chi connectivity index (χ0v) is 17.7. The van der Waals surface area contributed by atoms with Gasteiger partial charge < -0.3 is 5.32 Å². The zero-order chi connectivity index (χ0) is 20.4. The van der Waals surface area contributed by atoms with Crippen LogP contribution in [-0.2, 0) is 0 Å². The van der Waals surface area contributed by atoms with E-state index >= 15 is 0 Å². The summed E-state index contributed by atoms with van der Waals surface area (Å²) >= 11 is 6.99. The number of para-hydroxylation sites is 1. The van der Waals surface area contributed by atoms with Crippen molar-refractivity contribution in [3.8, 4) is 10.6 Å². The minimum absolute atomic E-state index is 0.230. The maximum absolute atomic E-state index is 12.3. The van der Waals surface area contributed by atoms with E-state index in [0.29, 0.717) is 5.56 Å². The van der Waals surface area contributed by atoms with Crippen LogP contribution < -0.4 is 10.6 Å². The molecule has 0 saturated carbocycles. The maximum atomic E-state index is 12.3. The number of carbonyl (C=O) groups is 1. The summed E-state index contributed by atoms with van der Waals surface area (Å²) in [5, 5.41) is 7.09. The molecule has 0 saturated heterocycles. The van der Waals surface area contributed by atoms with Gasteiger partial charge in [-0.2, -0.15) is 0 Å². The van der Waals surface area contributed by atoms with Crippen LogP contribution in [0.4, 0.5) is 5.69 Å². The largest absolute Gasteiger partial charge is 0.332 e. The Morgan fingerprint density at radius 2 is 1.76 bits per heavy atom. The smallest absolute Gasteiger partial charge is 0.257 e. The molecular weight excluding hydrogens is 398 g/mol. The average Bonchev–Trinajstić information content (AvgIpc) is 3.14. The number of carbonyl (C=O) groups excluding carboxylic acids is 1. The lowest BCUT2D eigenvalue weighted by atomic mass is 10.1. The van der Waals surface area contributed by atoms with E-state index in [-0.39, 0.29) is 11.0 Å². The van der Waals surface area contributed by atoms with Gasteiger partial charge in [-0.25, -0.2) is 4.98 Å². The SMILES string of the molecule is Cc1ccc(C(=O)NC(=S)Nc2ccc(-c3nc4ccccc4s3)cc2C)cc1. The highest BCUT2D eigenvalue weighted by Crippen LogP contribution is 2.31. The van der Waals surface area contributed by atoms with E-state index in [1.54, 1.807) is 23.5 Å². The van der Waals surface area contributed by atoms with Crippen molar-refractivity contribution in [2.24, 2.45) is 0 Å². The molecule has 0 aliphatic carbocycles. The van der Waals surface area contributed by atoms with E-state index in [4.69, 9.17) is 17.2 Å². The van der Waals surface area contributed by atoms with Crippen molar-refractivity contribution in [1.29, 1.82) is 0 Å². The predicted molar refractivity (Wildman–Crippen MR) is 125 cm³/mol. The molecule has 4 rings (SSSR count). The third-order valence-electron chi connectivity index (χ3n) is 4.56. The molecule has 6 heteroatoms. The van der Waals surface area contributed by atoms with Gasteiger partial charge in [-0.05, 0) is 74.1 Å². The van der Waals surface area contributed by atoms with Gasteiger partial charge in [0.15, 0.2) is 5.11 Å². The molecule has 144 valence electrons. The number of fused-ring (bicyclic) bond motifs is 1. The first-order chi connectivity index (χ1) is 14.0. The number of benzene rings is 3. The number of rotatable bonds is 3. The van der Waals surface area contributed by atoms with E-state index in [2.05, 4.69) is 22.8 Å². The summed E-state index contributed by atoms with van der Waals surface area (Å²) in [6.45, 7) is 3.98. The summed E-state index contributed by atoms with van der Waals surface area (Å²) in [5.41, 5.74) is 5.61. The van der Waals surface area contributed by atoms with Gasteiger partial charge in [0.1, 0.15) is 5.01 Å². The fraction of sp³-hybridized carbons (Fsp3) is 0.0870.